The Morgan fingerprint density at radius 3 is 2.32 bits per heavy atom. The fourth-order valence-corrected chi connectivity index (χ4v) is 4.78. The molecule has 1 aromatic heterocycles. The highest BCUT2D eigenvalue weighted by Gasteiger charge is 2.21. The van der Waals surface area contributed by atoms with E-state index in [9.17, 15) is 13.2 Å². The zero-order chi connectivity index (χ0) is 20.3. The van der Waals surface area contributed by atoms with Crippen molar-refractivity contribution in [1.29, 1.82) is 0 Å². The summed E-state index contributed by atoms with van der Waals surface area (Å²) in [6.45, 7) is 6.62. The summed E-state index contributed by atoms with van der Waals surface area (Å²) >= 11 is 0. The van der Waals surface area contributed by atoms with E-state index in [1.807, 2.05) is 49.6 Å². The molecule has 0 aliphatic heterocycles. The standard InChI is InChI=1S/C21H25N3O3S/c1-4-23(5-2)28(26,27)19-12-10-18(11-13-19)22-21(25)15-24-16(3)14-17-8-6-7-9-20(17)24/h6-14H,4-5,15H2,1-3H3,(H,22,25). The van der Waals surface area contributed by atoms with E-state index in [-0.39, 0.29) is 17.3 Å². The first-order valence-corrected chi connectivity index (χ1v) is 10.8. The lowest BCUT2D eigenvalue weighted by molar-refractivity contribution is -0.116. The van der Waals surface area contributed by atoms with Crippen molar-refractivity contribution in [3.8, 4) is 0 Å². The van der Waals surface area contributed by atoms with Crippen LogP contribution in [0.4, 0.5) is 5.69 Å². The van der Waals surface area contributed by atoms with Crippen molar-refractivity contribution in [2.24, 2.45) is 0 Å². The minimum Gasteiger partial charge on any atom is -0.335 e. The first-order chi connectivity index (χ1) is 13.4. The molecular formula is C21H25N3O3S. The van der Waals surface area contributed by atoms with Crippen LogP contribution in [0.5, 0.6) is 0 Å². The molecule has 2 aromatic carbocycles. The summed E-state index contributed by atoms with van der Waals surface area (Å²) in [4.78, 5) is 12.7. The molecule has 0 bridgehead atoms. The highest BCUT2D eigenvalue weighted by molar-refractivity contribution is 7.89. The third-order valence-electron chi connectivity index (χ3n) is 4.80. The van der Waals surface area contributed by atoms with Crippen molar-refractivity contribution in [3.63, 3.8) is 0 Å². The third kappa shape index (κ3) is 3.95. The molecule has 0 spiro atoms. The number of carbonyl (C=O) groups is 1. The van der Waals surface area contributed by atoms with E-state index in [0.717, 1.165) is 16.6 Å². The van der Waals surface area contributed by atoms with Crippen molar-refractivity contribution >= 4 is 32.5 Å². The van der Waals surface area contributed by atoms with E-state index in [2.05, 4.69) is 11.4 Å². The number of hydrogen-bond acceptors (Lipinski definition) is 3. The van der Waals surface area contributed by atoms with Gasteiger partial charge in [0.1, 0.15) is 6.54 Å². The Balaban J connectivity index is 1.74. The molecule has 7 heteroatoms. The summed E-state index contributed by atoms with van der Waals surface area (Å²) in [5.74, 6) is -0.163. The molecule has 0 aliphatic carbocycles. The van der Waals surface area contributed by atoms with Crippen LogP contribution in [0.2, 0.25) is 0 Å². The van der Waals surface area contributed by atoms with Gasteiger partial charge in [0.15, 0.2) is 0 Å². The predicted octanol–water partition coefficient (Wildman–Crippen LogP) is 3.62. The van der Waals surface area contributed by atoms with Gasteiger partial charge in [-0.15, -0.1) is 0 Å². The van der Waals surface area contributed by atoms with Crippen LogP contribution in [0.25, 0.3) is 10.9 Å². The second-order valence-electron chi connectivity index (χ2n) is 6.59. The van der Waals surface area contributed by atoms with Gasteiger partial charge >= 0.3 is 0 Å². The van der Waals surface area contributed by atoms with Crippen LogP contribution in [0, 0.1) is 6.92 Å². The maximum Gasteiger partial charge on any atom is 0.244 e. The van der Waals surface area contributed by atoms with Gasteiger partial charge in [-0.3, -0.25) is 4.79 Å². The number of para-hydroxylation sites is 1. The van der Waals surface area contributed by atoms with E-state index in [1.54, 1.807) is 12.1 Å². The Labute approximate surface area is 165 Å². The fourth-order valence-electron chi connectivity index (χ4n) is 3.33. The average molecular weight is 400 g/mol. The van der Waals surface area contributed by atoms with Gasteiger partial charge in [-0.05, 0) is 48.7 Å². The molecule has 0 aliphatic rings. The second kappa shape index (κ2) is 8.16. The molecule has 3 aromatic rings. The lowest BCUT2D eigenvalue weighted by Gasteiger charge is -2.18. The number of nitrogens with one attached hydrogen (secondary N) is 1. The smallest absolute Gasteiger partial charge is 0.244 e. The number of amides is 1. The molecule has 0 saturated carbocycles. The Kier molecular flexibility index (Phi) is 5.86. The summed E-state index contributed by atoms with van der Waals surface area (Å²) in [5, 5.41) is 3.94. The number of carbonyl (C=O) groups excluding carboxylic acids is 1. The SMILES string of the molecule is CCN(CC)S(=O)(=O)c1ccc(NC(=O)Cn2c(C)cc3ccccc32)cc1. The van der Waals surface area contributed by atoms with E-state index in [0.29, 0.717) is 18.8 Å². The van der Waals surface area contributed by atoms with Crippen LogP contribution in [0.15, 0.2) is 59.5 Å². The molecule has 0 unspecified atom stereocenters. The molecule has 0 radical (unpaired) electrons. The van der Waals surface area contributed by atoms with Crippen molar-refractivity contribution in [1.82, 2.24) is 8.87 Å². The molecule has 28 heavy (non-hydrogen) atoms. The molecular weight excluding hydrogens is 374 g/mol. The van der Waals surface area contributed by atoms with Crippen LogP contribution < -0.4 is 5.32 Å². The molecule has 148 valence electrons. The average Bonchev–Trinajstić information content (AvgIpc) is 2.98. The number of hydrogen-bond donors (Lipinski definition) is 1. The number of rotatable bonds is 7. The highest BCUT2D eigenvalue weighted by atomic mass is 32.2. The quantitative estimate of drug-likeness (QED) is 0.660. The first kappa shape index (κ1) is 20.1. The van der Waals surface area contributed by atoms with Gasteiger partial charge in [-0.2, -0.15) is 4.31 Å². The zero-order valence-corrected chi connectivity index (χ0v) is 17.2. The van der Waals surface area contributed by atoms with Gasteiger partial charge in [0.2, 0.25) is 15.9 Å². The number of nitrogens with zero attached hydrogens (tertiary/aromatic N) is 2. The number of benzene rings is 2. The van der Waals surface area contributed by atoms with E-state index in [1.165, 1.54) is 16.4 Å². The molecule has 0 fully saturated rings. The second-order valence-corrected chi connectivity index (χ2v) is 8.53. The number of anilines is 1. The van der Waals surface area contributed by atoms with Gasteiger partial charge in [0.25, 0.3) is 0 Å². The monoisotopic (exact) mass is 399 g/mol. The number of aromatic nitrogens is 1. The molecule has 6 nitrogen and oxygen atoms in total. The minimum atomic E-state index is -3.50. The molecule has 1 heterocycles. The maximum absolute atomic E-state index is 12.5. The molecule has 1 N–H and O–H groups in total. The topological polar surface area (TPSA) is 71.4 Å². The lowest BCUT2D eigenvalue weighted by Crippen LogP contribution is -2.30. The molecule has 3 rings (SSSR count). The largest absolute Gasteiger partial charge is 0.335 e. The van der Waals surface area contributed by atoms with Crippen LogP contribution >= 0.6 is 0 Å². The summed E-state index contributed by atoms with van der Waals surface area (Å²) in [7, 11) is -3.50. The maximum atomic E-state index is 12.5. The number of sulfonamides is 1. The van der Waals surface area contributed by atoms with Crippen LogP contribution in [0.3, 0.4) is 0 Å². The first-order valence-electron chi connectivity index (χ1n) is 9.31. The Hall–Kier alpha value is -2.64. The van der Waals surface area contributed by atoms with Crippen molar-refractivity contribution in [2.45, 2.75) is 32.2 Å². The fraction of sp³-hybridized carbons (Fsp3) is 0.286. The summed E-state index contributed by atoms with van der Waals surface area (Å²) < 4.78 is 28.4. The van der Waals surface area contributed by atoms with Gasteiger partial charge in [0.05, 0.1) is 4.90 Å². The van der Waals surface area contributed by atoms with E-state index >= 15 is 0 Å². The molecule has 1 amide bonds. The highest BCUT2D eigenvalue weighted by Crippen LogP contribution is 2.20. The number of aryl methyl sites for hydroxylation is 1. The summed E-state index contributed by atoms with van der Waals surface area (Å²) in [5.41, 5.74) is 2.59. The van der Waals surface area contributed by atoms with E-state index in [4.69, 9.17) is 0 Å². The number of fused-ring (bicyclic) bond motifs is 1. The van der Waals surface area contributed by atoms with Gasteiger partial charge in [-0.1, -0.05) is 32.0 Å². The van der Waals surface area contributed by atoms with Gasteiger partial charge in [-0.25, -0.2) is 8.42 Å². The van der Waals surface area contributed by atoms with Crippen LogP contribution in [0.1, 0.15) is 19.5 Å². The van der Waals surface area contributed by atoms with Crippen molar-refractivity contribution < 1.29 is 13.2 Å². The predicted molar refractivity (Wildman–Crippen MR) is 112 cm³/mol. The van der Waals surface area contributed by atoms with Gasteiger partial charge < -0.3 is 9.88 Å². The van der Waals surface area contributed by atoms with Crippen LogP contribution in [-0.4, -0.2) is 36.3 Å². The zero-order valence-electron chi connectivity index (χ0n) is 16.3. The van der Waals surface area contributed by atoms with Crippen molar-refractivity contribution in [3.05, 3.63) is 60.3 Å². The summed E-state index contributed by atoms with van der Waals surface area (Å²) in [6, 6.07) is 16.3. The summed E-state index contributed by atoms with van der Waals surface area (Å²) in [6.07, 6.45) is 0. The lowest BCUT2D eigenvalue weighted by atomic mass is 10.2. The van der Waals surface area contributed by atoms with E-state index < -0.39 is 10.0 Å². The Morgan fingerprint density at radius 2 is 1.68 bits per heavy atom. The van der Waals surface area contributed by atoms with Gasteiger partial charge in [0, 0.05) is 30.0 Å². The molecule has 0 atom stereocenters. The minimum absolute atomic E-state index is 0.163. The Bertz CT molecular complexity index is 1080. The normalized spacial score (nSPS) is 11.9. The molecule has 0 saturated heterocycles. The van der Waals surface area contributed by atoms with Crippen LogP contribution in [-0.2, 0) is 21.4 Å². The van der Waals surface area contributed by atoms with Crippen molar-refractivity contribution in [2.75, 3.05) is 18.4 Å². The Morgan fingerprint density at radius 1 is 1.04 bits per heavy atom. The third-order valence-corrected chi connectivity index (χ3v) is 6.86.